The van der Waals surface area contributed by atoms with Crippen molar-refractivity contribution in [1.82, 2.24) is 0 Å². The molecule has 0 atom stereocenters. The van der Waals surface area contributed by atoms with Crippen LogP contribution in [-0.4, -0.2) is 17.8 Å². The van der Waals surface area contributed by atoms with E-state index in [4.69, 9.17) is 0 Å². The summed E-state index contributed by atoms with van der Waals surface area (Å²) in [4.78, 5) is 0. The Morgan fingerprint density at radius 3 is 0.929 bits per heavy atom. The van der Waals surface area contributed by atoms with Crippen LogP contribution in [0, 0.1) is 5.41 Å². The van der Waals surface area contributed by atoms with Crippen molar-refractivity contribution in [3.05, 3.63) is 0 Å². The highest BCUT2D eigenvalue weighted by atomic mass is 19.3. The molecular formula is C8H12F6. The molecule has 0 unspecified atom stereocenters. The molecule has 14 heavy (non-hydrogen) atoms. The molecule has 0 aliphatic rings. The Balaban J connectivity index is 5.30. The van der Waals surface area contributed by atoms with E-state index in [0.717, 1.165) is 20.8 Å². The van der Waals surface area contributed by atoms with E-state index >= 15 is 0 Å². The van der Waals surface area contributed by atoms with Gasteiger partial charge in [-0.25, -0.2) is 0 Å². The van der Waals surface area contributed by atoms with E-state index in [2.05, 4.69) is 0 Å². The monoisotopic (exact) mass is 222 g/mol. The van der Waals surface area contributed by atoms with Crippen LogP contribution in [0.3, 0.4) is 0 Å². The first-order valence-electron chi connectivity index (χ1n) is 3.88. The van der Waals surface area contributed by atoms with Gasteiger partial charge in [-0.1, -0.05) is 20.8 Å². The zero-order chi connectivity index (χ0) is 12.0. The first kappa shape index (κ1) is 13.6. The van der Waals surface area contributed by atoms with E-state index in [9.17, 15) is 26.3 Å². The fourth-order valence-electron chi connectivity index (χ4n) is 0.747. The molecule has 0 fully saturated rings. The standard InChI is InChI=1S/C8H12F6/c1-5(2,3)7(11,12)8(13,14)6(4,9)10/h1-4H3. The second kappa shape index (κ2) is 3.03. The van der Waals surface area contributed by atoms with Crippen molar-refractivity contribution in [2.75, 3.05) is 0 Å². The molecule has 0 aliphatic carbocycles. The molecule has 0 aromatic heterocycles. The number of hydrogen-bond donors (Lipinski definition) is 0. The molecule has 0 nitrogen and oxygen atoms in total. The Morgan fingerprint density at radius 2 is 0.857 bits per heavy atom. The zero-order valence-corrected chi connectivity index (χ0v) is 8.27. The lowest BCUT2D eigenvalue weighted by atomic mass is 9.82. The van der Waals surface area contributed by atoms with Crippen LogP contribution in [0.15, 0.2) is 0 Å². The van der Waals surface area contributed by atoms with Crippen molar-refractivity contribution < 1.29 is 26.3 Å². The van der Waals surface area contributed by atoms with Crippen molar-refractivity contribution >= 4 is 0 Å². The smallest absolute Gasteiger partial charge is 0.200 e. The van der Waals surface area contributed by atoms with E-state index in [-0.39, 0.29) is 6.92 Å². The van der Waals surface area contributed by atoms with Crippen molar-refractivity contribution in [2.24, 2.45) is 5.41 Å². The summed E-state index contributed by atoms with van der Waals surface area (Å²) in [7, 11) is 0. The van der Waals surface area contributed by atoms with Gasteiger partial charge in [-0.2, -0.15) is 26.3 Å². The van der Waals surface area contributed by atoms with Crippen LogP contribution >= 0.6 is 0 Å². The van der Waals surface area contributed by atoms with Gasteiger partial charge in [0, 0.05) is 12.3 Å². The van der Waals surface area contributed by atoms with Gasteiger partial charge in [-0.05, 0) is 0 Å². The van der Waals surface area contributed by atoms with Gasteiger partial charge in [0.05, 0.1) is 0 Å². The molecule has 86 valence electrons. The van der Waals surface area contributed by atoms with Crippen molar-refractivity contribution in [3.63, 3.8) is 0 Å². The summed E-state index contributed by atoms with van der Waals surface area (Å²) < 4.78 is 75.9. The molecule has 0 amide bonds. The molecule has 0 rings (SSSR count). The quantitative estimate of drug-likeness (QED) is 0.620. The first-order chi connectivity index (χ1) is 5.75. The molecule has 0 saturated heterocycles. The Labute approximate surface area is 78.3 Å². The average Bonchev–Trinajstić information content (AvgIpc) is 1.81. The molecule has 0 saturated carbocycles. The molecule has 0 radical (unpaired) electrons. The van der Waals surface area contributed by atoms with Crippen LogP contribution in [0.4, 0.5) is 26.3 Å². The van der Waals surface area contributed by atoms with Crippen LogP contribution < -0.4 is 0 Å². The van der Waals surface area contributed by atoms with Crippen LogP contribution in [-0.2, 0) is 0 Å². The Morgan fingerprint density at radius 1 is 0.571 bits per heavy atom. The van der Waals surface area contributed by atoms with Crippen molar-refractivity contribution in [1.29, 1.82) is 0 Å². The van der Waals surface area contributed by atoms with Gasteiger partial charge in [0.15, 0.2) is 0 Å². The lowest BCUT2D eigenvalue weighted by molar-refractivity contribution is -0.331. The lowest BCUT2D eigenvalue weighted by Crippen LogP contribution is -2.58. The highest BCUT2D eigenvalue weighted by molar-refractivity contribution is 5.00. The predicted octanol–water partition coefficient (Wildman–Crippen LogP) is 3.96. The highest BCUT2D eigenvalue weighted by Crippen LogP contribution is 2.53. The van der Waals surface area contributed by atoms with E-state index in [1.165, 1.54) is 0 Å². The third-order valence-corrected chi connectivity index (χ3v) is 1.89. The minimum Gasteiger partial charge on any atom is -0.200 e. The van der Waals surface area contributed by atoms with Gasteiger partial charge >= 0.3 is 17.8 Å². The topological polar surface area (TPSA) is 0 Å². The second-order valence-corrected chi connectivity index (χ2v) is 4.29. The van der Waals surface area contributed by atoms with Crippen molar-refractivity contribution in [2.45, 2.75) is 45.5 Å². The lowest BCUT2D eigenvalue weighted by Gasteiger charge is -2.38. The van der Waals surface area contributed by atoms with Gasteiger partial charge in [0.1, 0.15) is 0 Å². The van der Waals surface area contributed by atoms with Gasteiger partial charge < -0.3 is 0 Å². The SMILES string of the molecule is CC(C)(C)C(F)(F)C(F)(F)C(C)(F)F. The van der Waals surface area contributed by atoms with E-state index in [1.54, 1.807) is 0 Å². The fraction of sp³-hybridized carbons (Fsp3) is 1.00. The first-order valence-corrected chi connectivity index (χ1v) is 3.88. The average molecular weight is 222 g/mol. The molecule has 0 N–H and O–H groups in total. The summed E-state index contributed by atoms with van der Waals surface area (Å²) >= 11 is 0. The normalized spacial score (nSPS) is 15.9. The summed E-state index contributed by atoms with van der Waals surface area (Å²) in [5.74, 6) is -14.9. The zero-order valence-electron chi connectivity index (χ0n) is 8.27. The van der Waals surface area contributed by atoms with Crippen LogP contribution in [0.1, 0.15) is 27.7 Å². The maximum atomic E-state index is 13.0. The predicted molar refractivity (Wildman–Crippen MR) is 40.0 cm³/mol. The maximum Gasteiger partial charge on any atom is 0.372 e. The van der Waals surface area contributed by atoms with Crippen LogP contribution in [0.2, 0.25) is 0 Å². The molecule has 0 aromatic rings. The third kappa shape index (κ3) is 1.83. The minimum atomic E-state index is -5.35. The summed E-state index contributed by atoms with van der Waals surface area (Å²) in [6.07, 6.45) is 0. The summed E-state index contributed by atoms with van der Waals surface area (Å²) in [6.45, 7) is 2.14. The Hall–Kier alpha value is -0.420. The molecule has 0 aromatic carbocycles. The summed E-state index contributed by atoms with van der Waals surface area (Å²) in [6, 6.07) is 0. The number of hydrogen-bond acceptors (Lipinski definition) is 0. The van der Waals surface area contributed by atoms with Gasteiger partial charge in [0.25, 0.3) is 0 Å². The second-order valence-electron chi connectivity index (χ2n) is 4.29. The fourth-order valence-corrected chi connectivity index (χ4v) is 0.747. The van der Waals surface area contributed by atoms with E-state index in [1.807, 2.05) is 0 Å². The molecule has 0 spiro atoms. The Bertz CT molecular complexity index is 183. The summed E-state index contributed by atoms with van der Waals surface area (Å²) in [5, 5.41) is 0. The molecule has 0 heterocycles. The Kier molecular flexibility index (Phi) is 2.94. The highest BCUT2D eigenvalue weighted by Gasteiger charge is 2.72. The van der Waals surface area contributed by atoms with Gasteiger partial charge in [-0.3, -0.25) is 0 Å². The molecule has 6 heteroatoms. The number of halogens is 6. The van der Waals surface area contributed by atoms with E-state index < -0.39 is 23.2 Å². The summed E-state index contributed by atoms with van der Waals surface area (Å²) in [5.41, 5.74) is -2.23. The van der Waals surface area contributed by atoms with Gasteiger partial charge in [0.2, 0.25) is 0 Å². The molecular weight excluding hydrogens is 210 g/mol. The van der Waals surface area contributed by atoms with Crippen LogP contribution in [0.25, 0.3) is 0 Å². The minimum absolute atomic E-state index is 0.216. The largest absolute Gasteiger partial charge is 0.372 e. The molecule has 0 bridgehead atoms. The number of rotatable bonds is 2. The van der Waals surface area contributed by atoms with Crippen molar-refractivity contribution in [3.8, 4) is 0 Å². The number of alkyl halides is 6. The van der Waals surface area contributed by atoms with Crippen LogP contribution in [0.5, 0.6) is 0 Å². The van der Waals surface area contributed by atoms with E-state index in [0.29, 0.717) is 0 Å². The molecule has 0 aliphatic heterocycles. The van der Waals surface area contributed by atoms with Gasteiger partial charge in [-0.15, -0.1) is 0 Å². The third-order valence-electron chi connectivity index (χ3n) is 1.89. The maximum absolute atomic E-state index is 13.0.